The predicted octanol–water partition coefficient (Wildman–Crippen LogP) is 0.375. The van der Waals surface area contributed by atoms with Crippen LogP contribution in [0, 0.1) is 0 Å². The molecule has 0 spiro atoms. The molecule has 5 heteroatoms. The van der Waals surface area contributed by atoms with Crippen molar-refractivity contribution in [2.45, 2.75) is 26.1 Å². The SMILES string of the molecule is CC(C)B1OC(=O)CC(=O)O1. The molecule has 1 fully saturated rings. The number of carbonyl (C=O) groups is 2. The first-order valence-electron chi connectivity index (χ1n) is 3.48. The Hall–Kier alpha value is -0.995. The first-order valence-corrected chi connectivity index (χ1v) is 3.48. The highest BCUT2D eigenvalue weighted by molar-refractivity contribution is 6.52. The third kappa shape index (κ3) is 1.96. The fraction of sp³-hybridized carbons (Fsp3) is 0.667. The molecule has 0 saturated carbocycles. The van der Waals surface area contributed by atoms with E-state index in [-0.39, 0.29) is 12.2 Å². The average molecular weight is 156 g/mol. The molecule has 0 atom stereocenters. The van der Waals surface area contributed by atoms with Crippen LogP contribution in [0.3, 0.4) is 0 Å². The Kier molecular flexibility index (Phi) is 2.17. The second-order valence-corrected chi connectivity index (χ2v) is 2.77. The number of rotatable bonds is 1. The van der Waals surface area contributed by atoms with E-state index in [9.17, 15) is 9.59 Å². The molecule has 0 aromatic heterocycles. The second-order valence-electron chi connectivity index (χ2n) is 2.77. The third-order valence-corrected chi connectivity index (χ3v) is 1.33. The van der Waals surface area contributed by atoms with Crippen molar-refractivity contribution in [3.8, 4) is 0 Å². The van der Waals surface area contributed by atoms with Gasteiger partial charge in [0.25, 0.3) is 0 Å². The molecule has 0 N–H and O–H groups in total. The summed E-state index contributed by atoms with van der Waals surface area (Å²) in [5, 5.41) is 0. The van der Waals surface area contributed by atoms with Gasteiger partial charge in [-0.3, -0.25) is 9.59 Å². The average Bonchev–Trinajstić information content (AvgIpc) is 1.85. The van der Waals surface area contributed by atoms with E-state index in [2.05, 4.69) is 0 Å². The molecule has 0 bridgehead atoms. The van der Waals surface area contributed by atoms with Gasteiger partial charge in [-0.2, -0.15) is 0 Å². The molecule has 60 valence electrons. The van der Waals surface area contributed by atoms with Crippen LogP contribution in [-0.2, 0) is 18.9 Å². The van der Waals surface area contributed by atoms with Gasteiger partial charge in [-0.05, 0) is 0 Å². The van der Waals surface area contributed by atoms with Crippen LogP contribution in [0.2, 0.25) is 5.82 Å². The van der Waals surface area contributed by atoms with Crippen molar-refractivity contribution in [3.05, 3.63) is 0 Å². The second kappa shape index (κ2) is 2.94. The lowest BCUT2D eigenvalue weighted by Gasteiger charge is -2.20. The van der Waals surface area contributed by atoms with Crippen molar-refractivity contribution in [2.75, 3.05) is 0 Å². The van der Waals surface area contributed by atoms with Crippen molar-refractivity contribution < 1.29 is 18.9 Å². The van der Waals surface area contributed by atoms with Gasteiger partial charge >= 0.3 is 19.1 Å². The fourth-order valence-corrected chi connectivity index (χ4v) is 0.757. The van der Waals surface area contributed by atoms with Crippen LogP contribution in [0.1, 0.15) is 20.3 Å². The fourth-order valence-electron chi connectivity index (χ4n) is 0.757. The number of carbonyl (C=O) groups excluding carboxylic acids is 2. The molecule has 1 aliphatic rings. The molecule has 11 heavy (non-hydrogen) atoms. The molecular weight excluding hydrogens is 147 g/mol. The Bertz CT molecular complexity index is 173. The van der Waals surface area contributed by atoms with Crippen LogP contribution < -0.4 is 0 Å². The maximum Gasteiger partial charge on any atom is 0.601 e. The molecule has 1 heterocycles. The third-order valence-electron chi connectivity index (χ3n) is 1.33. The van der Waals surface area contributed by atoms with Crippen molar-refractivity contribution in [1.29, 1.82) is 0 Å². The van der Waals surface area contributed by atoms with E-state index in [1.54, 1.807) is 0 Å². The largest absolute Gasteiger partial charge is 0.601 e. The van der Waals surface area contributed by atoms with Gasteiger partial charge in [0.05, 0.1) is 0 Å². The summed E-state index contributed by atoms with van der Waals surface area (Å²) in [6.45, 7) is 3.63. The van der Waals surface area contributed by atoms with E-state index in [4.69, 9.17) is 9.31 Å². The quantitative estimate of drug-likeness (QED) is 0.406. The zero-order valence-corrected chi connectivity index (χ0v) is 6.49. The highest BCUT2D eigenvalue weighted by atomic mass is 16.7. The minimum atomic E-state index is -0.691. The standard InChI is InChI=1S/C6H9BO4/c1-4(2)7-10-5(8)3-6(9)11-7/h4H,3H2,1-2H3. The van der Waals surface area contributed by atoms with Crippen LogP contribution >= 0.6 is 0 Å². The molecule has 0 aliphatic carbocycles. The molecule has 0 radical (unpaired) electrons. The smallest absolute Gasteiger partial charge is 0.499 e. The summed E-state index contributed by atoms with van der Waals surface area (Å²) in [4.78, 5) is 21.3. The molecule has 0 amide bonds. The number of hydrogen-bond acceptors (Lipinski definition) is 4. The van der Waals surface area contributed by atoms with E-state index in [0.717, 1.165) is 0 Å². The maximum absolute atomic E-state index is 10.7. The van der Waals surface area contributed by atoms with Crippen LogP contribution in [0.4, 0.5) is 0 Å². The Balaban J connectivity index is 2.56. The summed E-state index contributed by atoms with van der Waals surface area (Å²) in [5.41, 5.74) is 0. The van der Waals surface area contributed by atoms with E-state index < -0.39 is 19.1 Å². The van der Waals surface area contributed by atoms with Gasteiger partial charge in [-0.15, -0.1) is 0 Å². The van der Waals surface area contributed by atoms with Gasteiger partial charge in [0.1, 0.15) is 6.42 Å². The van der Waals surface area contributed by atoms with E-state index in [1.165, 1.54) is 0 Å². The van der Waals surface area contributed by atoms with Crippen molar-refractivity contribution in [2.24, 2.45) is 0 Å². The van der Waals surface area contributed by atoms with Gasteiger partial charge in [-0.25, -0.2) is 0 Å². The summed E-state index contributed by atoms with van der Waals surface area (Å²) in [7, 11) is -0.691. The molecule has 0 aromatic carbocycles. The minimum Gasteiger partial charge on any atom is -0.499 e. The first kappa shape index (κ1) is 8.10. The highest BCUT2D eigenvalue weighted by Crippen LogP contribution is 2.15. The van der Waals surface area contributed by atoms with E-state index in [0.29, 0.717) is 0 Å². The highest BCUT2D eigenvalue weighted by Gasteiger charge is 2.36. The van der Waals surface area contributed by atoms with Crippen LogP contribution in [0.5, 0.6) is 0 Å². The van der Waals surface area contributed by atoms with Crippen LogP contribution in [-0.4, -0.2) is 19.1 Å². The Morgan fingerprint density at radius 1 is 1.27 bits per heavy atom. The lowest BCUT2D eigenvalue weighted by molar-refractivity contribution is -0.152. The molecule has 0 unspecified atom stereocenters. The van der Waals surface area contributed by atoms with Crippen molar-refractivity contribution in [3.63, 3.8) is 0 Å². The van der Waals surface area contributed by atoms with Gasteiger partial charge in [0.15, 0.2) is 0 Å². The maximum atomic E-state index is 10.7. The molecule has 0 aromatic rings. The summed E-state index contributed by atoms with van der Waals surface area (Å²) >= 11 is 0. The summed E-state index contributed by atoms with van der Waals surface area (Å²) in [6, 6.07) is 0. The zero-order valence-electron chi connectivity index (χ0n) is 6.49. The normalized spacial score (nSPS) is 18.3. The first-order chi connectivity index (χ1) is 5.09. The Morgan fingerprint density at radius 3 is 2.09 bits per heavy atom. The van der Waals surface area contributed by atoms with E-state index >= 15 is 0 Å². The molecular formula is C6H9BO4. The summed E-state index contributed by atoms with van der Waals surface area (Å²) in [5.74, 6) is -0.983. The van der Waals surface area contributed by atoms with Gasteiger partial charge in [0.2, 0.25) is 0 Å². The Labute approximate surface area is 65.0 Å². The number of hydrogen-bond donors (Lipinski definition) is 0. The zero-order chi connectivity index (χ0) is 8.43. The minimum absolute atomic E-state index is 0.0169. The monoisotopic (exact) mass is 156 g/mol. The van der Waals surface area contributed by atoms with Crippen molar-refractivity contribution >= 4 is 19.1 Å². The lowest BCUT2D eigenvalue weighted by atomic mass is 9.73. The van der Waals surface area contributed by atoms with Crippen molar-refractivity contribution in [1.82, 2.24) is 0 Å². The van der Waals surface area contributed by atoms with Gasteiger partial charge in [-0.1, -0.05) is 13.8 Å². The van der Waals surface area contributed by atoms with Gasteiger partial charge < -0.3 is 9.31 Å². The summed E-state index contributed by atoms with van der Waals surface area (Å²) in [6.07, 6.45) is -0.261. The topological polar surface area (TPSA) is 52.6 Å². The predicted molar refractivity (Wildman–Crippen MR) is 37.7 cm³/mol. The van der Waals surface area contributed by atoms with Crippen LogP contribution in [0.15, 0.2) is 0 Å². The summed E-state index contributed by atoms with van der Waals surface area (Å²) < 4.78 is 9.47. The van der Waals surface area contributed by atoms with Gasteiger partial charge in [0, 0.05) is 5.82 Å². The van der Waals surface area contributed by atoms with E-state index in [1.807, 2.05) is 13.8 Å². The Morgan fingerprint density at radius 2 is 1.73 bits per heavy atom. The lowest BCUT2D eigenvalue weighted by Crippen LogP contribution is -2.38. The molecule has 1 rings (SSSR count). The molecule has 1 aliphatic heterocycles. The van der Waals surface area contributed by atoms with Crippen LogP contribution in [0.25, 0.3) is 0 Å². The molecule has 4 nitrogen and oxygen atoms in total. The molecule has 1 saturated heterocycles.